The molecule has 0 unspecified atom stereocenters. The van der Waals surface area contributed by atoms with Gasteiger partial charge in [-0.05, 0) is 48.9 Å². The number of hydrogen-bond donors (Lipinski definition) is 0. The zero-order valence-electron chi connectivity index (χ0n) is 12.5. The van der Waals surface area contributed by atoms with Crippen molar-refractivity contribution in [2.45, 2.75) is 19.8 Å². The van der Waals surface area contributed by atoms with Crippen LogP contribution in [0.3, 0.4) is 0 Å². The van der Waals surface area contributed by atoms with Gasteiger partial charge in [0.25, 0.3) is 0 Å². The number of carbonyl (C=O) groups is 2. The number of rotatable bonds is 3. The molecule has 1 aliphatic heterocycles. The van der Waals surface area contributed by atoms with Crippen LogP contribution in [0.5, 0.6) is 11.5 Å². The van der Waals surface area contributed by atoms with Crippen molar-refractivity contribution in [3.05, 3.63) is 51.4 Å². The highest BCUT2D eigenvalue weighted by atomic mass is 32.1. The van der Waals surface area contributed by atoms with Gasteiger partial charge in [0.15, 0.2) is 5.76 Å². The summed E-state index contributed by atoms with van der Waals surface area (Å²) in [6.45, 7) is 1.99. The van der Waals surface area contributed by atoms with E-state index >= 15 is 0 Å². The normalized spacial score (nSPS) is 18.0. The maximum absolute atomic E-state index is 12.4. The Labute approximate surface area is 137 Å². The first-order valence-electron chi connectivity index (χ1n) is 7.46. The molecule has 1 aromatic heterocycles. The fourth-order valence-corrected chi connectivity index (χ4v) is 3.25. The molecule has 116 valence electrons. The maximum atomic E-state index is 12.4. The van der Waals surface area contributed by atoms with Crippen LogP contribution in [-0.2, 0) is 4.79 Å². The quantitative estimate of drug-likeness (QED) is 0.486. The summed E-state index contributed by atoms with van der Waals surface area (Å²) in [6, 6.07) is 6.89. The van der Waals surface area contributed by atoms with Crippen LogP contribution in [0.15, 0.2) is 35.4 Å². The van der Waals surface area contributed by atoms with Crippen LogP contribution in [0.4, 0.5) is 0 Å². The highest BCUT2D eigenvalue weighted by Gasteiger charge is 2.32. The van der Waals surface area contributed by atoms with Crippen molar-refractivity contribution < 1.29 is 19.1 Å². The predicted octanol–water partition coefficient (Wildman–Crippen LogP) is 3.99. The van der Waals surface area contributed by atoms with Gasteiger partial charge in [-0.25, -0.2) is 0 Å². The monoisotopic (exact) mass is 326 g/mol. The third-order valence-electron chi connectivity index (χ3n) is 3.93. The second-order valence-electron chi connectivity index (χ2n) is 5.76. The molecule has 2 heterocycles. The van der Waals surface area contributed by atoms with Crippen LogP contribution in [0.1, 0.15) is 33.6 Å². The minimum absolute atomic E-state index is 0.0306. The van der Waals surface area contributed by atoms with Gasteiger partial charge in [-0.3, -0.25) is 9.59 Å². The molecular weight excluding hydrogens is 312 g/mol. The van der Waals surface area contributed by atoms with E-state index in [-0.39, 0.29) is 17.7 Å². The van der Waals surface area contributed by atoms with E-state index in [1.54, 1.807) is 35.6 Å². The number of aryl methyl sites for hydroxylation is 1. The molecule has 0 bridgehead atoms. The number of Topliss-reactive ketones (excluding diaryl/α,β-unsaturated/α-hetero) is 1. The number of carbonyl (C=O) groups excluding carboxylic acids is 2. The van der Waals surface area contributed by atoms with Gasteiger partial charge in [-0.15, -0.1) is 11.3 Å². The van der Waals surface area contributed by atoms with Crippen LogP contribution in [0.25, 0.3) is 6.08 Å². The molecule has 0 saturated heterocycles. The first kappa shape index (κ1) is 14.2. The number of fused-ring (bicyclic) bond motifs is 1. The topological polar surface area (TPSA) is 52.6 Å². The molecule has 0 spiro atoms. The number of benzene rings is 1. The van der Waals surface area contributed by atoms with E-state index in [1.807, 2.05) is 18.4 Å². The van der Waals surface area contributed by atoms with Crippen molar-refractivity contribution in [1.29, 1.82) is 0 Å². The van der Waals surface area contributed by atoms with E-state index in [1.165, 1.54) is 0 Å². The fourth-order valence-electron chi connectivity index (χ4n) is 2.40. The first-order valence-corrected chi connectivity index (χ1v) is 8.34. The Balaban J connectivity index is 1.59. The average molecular weight is 326 g/mol. The molecule has 2 aliphatic rings. The summed E-state index contributed by atoms with van der Waals surface area (Å²) in [5, 5.41) is 1.98. The molecule has 5 heteroatoms. The number of ketones is 1. The minimum Gasteiger partial charge on any atom is -0.452 e. The number of ether oxygens (including phenoxy) is 2. The molecule has 0 amide bonds. The van der Waals surface area contributed by atoms with Gasteiger partial charge in [-0.1, -0.05) is 0 Å². The largest absolute Gasteiger partial charge is 0.452 e. The molecule has 0 N–H and O–H groups in total. The van der Waals surface area contributed by atoms with E-state index in [9.17, 15) is 9.59 Å². The lowest BCUT2D eigenvalue weighted by molar-refractivity contribution is -0.135. The summed E-state index contributed by atoms with van der Waals surface area (Å²) in [5.74, 6) is 0.838. The van der Waals surface area contributed by atoms with E-state index in [0.717, 1.165) is 23.3 Å². The smallest absolute Gasteiger partial charge is 0.314 e. The van der Waals surface area contributed by atoms with E-state index in [4.69, 9.17) is 9.47 Å². The van der Waals surface area contributed by atoms with Crippen LogP contribution >= 0.6 is 11.3 Å². The van der Waals surface area contributed by atoms with Crippen molar-refractivity contribution in [2.75, 3.05) is 0 Å². The van der Waals surface area contributed by atoms with Gasteiger partial charge in [0.2, 0.25) is 5.78 Å². The van der Waals surface area contributed by atoms with Crippen LogP contribution < -0.4 is 9.47 Å². The highest BCUT2D eigenvalue weighted by Crippen LogP contribution is 2.37. The molecule has 1 saturated carbocycles. The fraction of sp³-hybridized carbons (Fsp3) is 0.222. The second kappa shape index (κ2) is 5.35. The van der Waals surface area contributed by atoms with Gasteiger partial charge in [0.05, 0.1) is 11.5 Å². The van der Waals surface area contributed by atoms with Crippen LogP contribution in [-0.4, -0.2) is 11.8 Å². The van der Waals surface area contributed by atoms with Crippen molar-refractivity contribution in [3.8, 4) is 11.5 Å². The average Bonchev–Trinajstić information content (AvgIpc) is 3.25. The zero-order chi connectivity index (χ0) is 16.0. The Kier molecular flexibility index (Phi) is 3.31. The summed E-state index contributed by atoms with van der Waals surface area (Å²) < 4.78 is 11.0. The standard InChI is InChI=1S/C18H14O4S/c1-10-6-7-23-16(10)9-15-17(19)13-5-4-12(8-14(13)22-15)21-18(20)11-2-3-11/h4-9,11H,2-3H2,1H3/b15-9+. The van der Waals surface area contributed by atoms with Crippen molar-refractivity contribution in [1.82, 2.24) is 0 Å². The van der Waals surface area contributed by atoms with Gasteiger partial charge in [-0.2, -0.15) is 0 Å². The highest BCUT2D eigenvalue weighted by molar-refractivity contribution is 7.11. The van der Waals surface area contributed by atoms with Gasteiger partial charge in [0.1, 0.15) is 11.5 Å². The van der Waals surface area contributed by atoms with Gasteiger partial charge in [0, 0.05) is 17.0 Å². The molecule has 2 aromatic rings. The Morgan fingerprint density at radius 3 is 2.87 bits per heavy atom. The summed E-state index contributed by atoms with van der Waals surface area (Å²) in [7, 11) is 0. The van der Waals surface area contributed by atoms with Crippen molar-refractivity contribution >= 4 is 29.2 Å². The lowest BCUT2D eigenvalue weighted by Crippen LogP contribution is -2.09. The van der Waals surface area contributed by atoms with E-state index in [0.29, 0.717) is 22.8 Å². The van der Waals surface area contributed by atoms with Crippen LogP contribution in [0, 0.1) is 12.8 Å². The van der Waals surface area contributed by atoms with Crippen LogP contribution in [0.2, 0.25) is 0 Å². The minimum atomic E-state index is -0.209. The number of thiophene rings is 1. The Bertz CT molecular complexity index is 842. The Morgan fingerprint density at radius 2 is 2.17 bits per heavy atom. The van der Waals surface area contributed by atoms with E-state index < -0.39 is 0 Å². The Morgan fingerprint density at radius 1 is 1.35 bits per heavy atom. The summed E-state index contributed by atoms with van der Waals surface area (Å²) in [5.41, 5.74) is 1.60. The molecule has 0 radical (unpaired) electrons. The molecule has 1 fully saturated rings. The number of allylic oxidation sites excluding steroid dienone is 1. The third kappa shape index (κ3) is 2.68. The Hall–Kier alpha value is -2.40. The lowest BCUT2D eigenvalue weighted by Gasteiger charge is -2.04. The molecule has 0 atom stereocenters. The van der Waals surface area contributed by atoms with Crippen molar-refractivity contribution in [2.24, 2.45) is 5.92 Å². The molecule has 1 aliphatic carbocycles. The lowest BCUT2D eigenvalue weighted by atomic mass is 10.1. The summed E-state index contributed by atoms with van der Waals surface area (Å²) in [4.78, 5) is 25.1. The maximum Gasteiger partial charge on any atom is 0.314 e. The molecule has 4 rings (SSSR count). The predicted molar refractivity (Wildman–Crippen MR) is 86.8 cm³/mol. The number of hydrogen-bond acceptors (Lipinski definition) is 5. The second-order valence-corrected chi connectivity index (χ2v) is 6.71. The summed E-state index contributed by atoms with van der Waals surface area (Å²) in [6.07, 6.45) is 3.55. The SMILES string of the molecule is Cc1ccsc1/C=C1/Oc2cc(OC(=O)C3CC3)ccc2C1=O. The van der Waals surface area contributed by atoms with Crippen molar-refractivity contribution in [3.63, 3.8) is 0 Å². The molecular formula is C18H14O4S. The van der Waals surface area contributed by atoms with Gasteiger partial charge < -0.3 is 9.47 Å². The third-order valence-corrected chi connectivity index (χ3v) is 4.90. The summed E-state index contributed by atoms with van der Waals surface area (Å²) >= 11 is 1.56. The number of esters is 1. The molecule has 23 heavy (non-hydrogen) atoms. The zero-order valence-corrected chi connectivity index (χ0v) is 13.3. The molecule has 4 nitrogen and oxygen atoms in total. The molecule has 1 aromatic carbocycles. The first-order chi connectivity index (χ1) is 11.1. The van der Waals surface area contributed by atoms with E-state index in [2.05, 4.69) is 0 Å². The van der Waals surface area contributed by atoms with Gasteiger partial charge >= 0.3 is 5.97 Å².